The standard InChI is InChI=1S/C11H8F16O3/c12-4(1-28)2-29-3-5(13,14)6(15,16)10(24,25)30-11(26,27)8(19,20)7(17,18)9(21,22)23/h4,28H,1-3H2. The molecular formula is C11H8F16O3. The number of ether oxygens (including phenoxy) is 2. The molecule has 0 fully saturated rings. The Kier molecular flexibility index (Phi) is 8.02. The molecule has 0 heterocycles. The van der Waals surface area contributed by atoms with Gasteiger partial charge in [-0.3, -0.25) is 0 Å². The number of alkyl halides is 16. The Morgan fingerprint density at radius 2 is 1.03 bits per heavy atom. The molecule has 30 heavy (non-hydrogen) atoms. The second-order valence-corrected chi connectivity index (χ2v) is 5.36. The van der Waals surface area contributed by atoms with Crippen molar-refractivity contribution in [3.63, 3.8) is 0 Å². The van der Waals surface area contributed by atoms with Crippen LogP contribution in [0.15, 0.2) is 0 Å². The lowest BCUT2D eigenvalue weighted by Gasteiger charge is -2.37. The van der Waals surface area contributed by atoms with Gasteiger partial charge in [0.1, 0.15) is 12.8 Å². The Morgan fingerprint density at radius 1 is 0.633 bits per heavy atom. The van der Waals surface area contributed by atoms with Crippen LogP contribution in [0.2, 0.25) is 0 Å². The zero-order chi connectivity index (χ0) is 24.6. The Bertz CT molecular complexity index is 571. The predicted octanol–water partition coefficient (Wildman–Crippen LogP) is 4.64. The molecule has 0 rings (SSSR count). The summed E-state index contributed by atoms with van der Waals surface area (Å²) in [6.45, 7) is -6.00. The van der Waals surface area contributed by atoms with Crippen molar-refractivity contribution in [1.82, 2.24) is 0 Å². The highest BCUT2D eigenvalue weighted by Crippen LogP contribution is 2.56. The van der Waals surface area contributed by atoms with Gasteiger partial charge in [-0.2, -0.15) is 65.9 Å². The van der Waals surface area contributed by atoms with Gasteiger partial charge in [-0.15, -0.1) is 0 Å². The van der Waals surface area contributed by atoms with Crippen LogP contribution >= 0.6 is 0 Å². The first-order chi connectivity index (χ1) is 12.9. The lowest BCUT2D eigenvalue weighted by atomic mass is 10.1. The Morgan fingerprint density at radius 3 is 1.40 bits per heavy atom. The van der Waals surface area contributed by atoms with Crippen molar-refractivity contribution >= 4 is 0 Å². The zero-order valence-electron chi connectivity index (χ0n) is 13.5. The maximum Gasteiger partial charge on any atom is 0.460 e. The van der Waals surface area contributed by atoms with Crippen LogP contribution in [0.1, 0.15) is 0 Å². The van der Waals surface area contributed by atoms with Crippen LogP contribution in [-0.4, -0.2) is 73.2 Å². The molecule has 0 saturated heterocycles. The molecule has 0 aromatic rings. The molecule has 1 unspecified atom stereocenters. The third-order valence-corrected chi connectivity index (χ3v) is 2.98. The first-order valence-electron chi connectivity index (χ1n) is 6.77. The summed E-state index contributed by atoms with van der Waals surface area (Å²) in [6, 6.07) is 0. The van der Waals surface area contributed by atoms with Crippen molar-refractivity contribution in [2.24, 2.45) is 0 Å². The van der Waals surface area contributed by atoms with Crippen molar-refractivity contribution in [3.05, 3.63) is 0 Å². The highest BCUT2D eigenvalue weighted by Gasteiger charge is 2.86. The van der Waals surface area contributed by atoms with E-state index in [0.29, 0.717) is 0 Å². The van der Waals surface area contributed by atoms with E-state index >= 15 is 0 Å². The molecule has 0 amide bonds. The maximum absolute atomic E-state index is 13.2. The van der Waals surface area contributed by atoms with Crippen LogP contribution in [-0.2, 0) is 9.47 Å². The fourth-order valence-electron chi connectivity index (χ4n) is 1.32. The molecule has 1 N–H and O–H groups in total. The SMILES string of the molecule is OCC(F)COCC(F)(F)C(F)(F)C(F)(F)OC(F)(F)C(F)(F)C(F)(F)C(F)(F)F. The third kappa shape index (κ3) is 5.14. The molecule has 0 aromatic heterocycles. The van der Waals surface area contributed by atoms with Crippen LogP contribution in [0.3, 0.4) is 0 Å². The average Bonchev–Trinajstić information content (AvgIpc) is 2.51. The lowest BCUT2D eigenvalue weighted by Crippen LogP contribution is -2.66. The molecule has 0 bridgehead atoms. The summed E-state index contributed by atoms with van der Waals surface area (Å²) in [5, 5.41) is 8.15. The van der Waals surface area contributed by atoms with Crippen LogP contribution in [0.25, 0.3) is 0 Å². The molecule has 1 atom stereocenters. The number of aliphatic hydroxyl groups is 1. The first-order valence-corrected chi connectivity index (χ1v) is 6.77. The van der Waals surface area contributed by atoms with Crippen molar-refractivity contribution in [3.8, 4) is 0 Å². The second kappa shape index (κ2) is 8.36. The number of rotatable bonds is 11. The van der Waals surface area contributed by atoms with Crippen LogP contribution in [0.4, 0.5) is 70.2 Å². The van der Waals surface area contributed by atoms with Crippen LogP contribution in [0, 0.1) is 0 Å². The maximum atomic E-state index is 13.2. The van der Waals surface area contributed by atoms with Gasteiger partial charge in [-0.05, 0) is 0 Å². The van der Waals surface area contributed by atoms with Crippen molar-refractivity contribution in [1.29, 1.82) is 0 Å². The zero-order valence-corrected chi connectivity index (χ0v) is 13.5. The summed E-state index contributed by atoms with van der Waals surface area (Å²) in [5.74, 6) is -29.4. The molecule has 182 valence electrons. The molecule has 0 aliphatic carbocycles. The van der Waals surface area contributed by atoms with Gasteiger partial charge in [-0.25, -0.2) is 9.13 Å². The first kappa shape index (κ1) is 28.8. The predicted molar refractivity (Wildman–Crippen MR) is 59.6 cm³/mol. The largest absolute Gasteiger partial charge is 0.460 e. The van der Waals surface area contributed by atoms with E-state index in [1.54, 1.807) is 0 Å². The van der Waals surface area contributed by atoms with Gasteiger partial charge in [0.05, 0.1) is 13.2 Å². The van der Waals surface area contributed by atoms with Gasteiger partial charge < -0.3 is 9.84 Å². The van der Waals surface area contributed by atoms with Crippen molar-refractivity contribution < 1.29 is 84.8 Å². The minimum atomic E-state index is -7.97. The monoisotopic (exact) mass is 492 g/mol. The Hall–Kier alpha value is -1.24. The lowest BCUT2D eigenvalue weighted by molar-refractivity contribution is -0.513. The van der Waals surface area contributed by atoms with Gasteiger partial charge in [0, 0.05) is 0 Å². The summed E-state index contributed by atoms with van der Waals surface area (Å²) < 4.78 is 208. The molecule has 0 spiro atoms. The molecule has 0 aliphatic rings. The van der Waals surface area contributed by atoms with E-state index in [1.165, 1.54) is 4.74 Å². The van der Waals surface area contributed by atoms with E-state index in [2.05, 4.69) is 4.74 Å². The molecule has 0 radical (unpaired) electrons. The van der Waals surface area contributed by atoms with E-state index in [0.717, 1.165) is 0 Å². The Labute approximate surface area is 154 Å². The van der Waals surface area contributed by atoms with Crippen LogP contribution in [0.5, 0.6) is 0 Å². The van der Waals surface area contributed by atoms with Gasteiger partial charge in [0.15, 0.2) is 0 Å². The quantitative estimate of drug-likeness (QED) is 0.428. The minimum absolute atomic E-state index is 1.38. The molecule has 19 heteroatoms. The highest BCUT2D eigenvalue weighted by molar-refractivity contribution is 4.99. The number of hydrogen-bond acceptors (Lipinski definition) is 3. The summed E-state index contributed by atoms with van der Waals surface area (Å²) in [4.78, 5) is 0. The van der Waals surface area contributed by atoms with E-state index in [1.807, 2.05) is 0 Å². The molecular weight excluding hydrogens is 484 g/mol. The number of halogens is 16. The Balaban J connectivity index is 5.79. The number of aliphatic hydroxyl groups excluding tert-OH is 1. The van der Waals surface area contributed by atoms with E-state index in [-0.39, 0.29) is 0 Å². The summed E-state index contributed by atoms with van der Waals surface area (Å²) >= 11 is 0. The number of hydrogen-bond donors (Lipinski definition) is 1. The fraction of sp³-hybridized carbons (Fsp3) is 1.00. The van der Waals surface area contributed by atoms with E-state index < -0.39 is 68.1 Å². The third-order valence-electron chi connectivity index (χ3n) is 2.98. The van der Waals surface area contributed by atoms with E-state index in [4.69, 9.17) is 5.11 Å². The van der Waals surface area contributed by atoms with Crippen molar-refractivity contribution in [2.75, 3.05) is 19.8 Å². The summed E-state index contributed by atoms with van der Waals surface area (Å²) in [5.41, 5.74) is 0. The normalized spacial score (nSPS) is 16.7. The smallest absolute Gasteiger partial charge is 0.393 e. The van der Waals surface area contributed by atoms with Gasteiger partial charge in [-0.1, -0.05) is 0 Å². The molecule has 0 saturated carbocycles. The average molecular weight is 492 g/mol. The van der Waals surface area contributed by atoms with Gasteiger partial charge in [0.2, 0.25) is 0 Å². The van der Waals surface area contributed by atoms with Crippen molar-refractivity contribution in [2.45, 2.75) is 48.3 Å². The fourth-order valence-corrected chi connectivity index (χ4v) is 1.32. The van der Waals surface area contributed by atoms with E-state index in [9.17, 15) is 70.2 Å². The topological polar surface area (TPSA) is 38.7 Å². The van der Waals surface area contributed by atoms with Gasteiger partial charge >= 0.3 is 42.1 Å². The second-order valence-electron chi connectivity index (χ2n) is 5.36. The molecule has 0 aliphatic heterocycles. The summed E-state index contributed by atoms with van der Waals surface area (Å²) in [6.07, 6.45) is -25.3. The van der Waals surface area contributed by atoms with Crippen LogP contribution < -0.4 is 0 Å². The molecule has 3 nitrogen and oxygen atoms in total. The highest BCUT2D eigenvalue weighted by atomic mass is 19.4. The molecule has 0 aromatic carbocycles. The van der Waals surface area contributed by atoms with Gasteiger partial charge in [0.25, 0.3) is 0 Å². The summed E-state index contributed by atoms with van der Waals surface area (Å²) in [7, 11) is 0. The minimum Gasteiger partial charge on any atom is -0.393 e.